The van der Waals surface area contributed by atoms with Crippen LogP contribution in [0.25, 0.3) is 0 Å². The first-order valence-corrected chi connectivity index (χ1v) is 9.64. The zero-order valence-electron chi connectivity index (χ0n) is 16.1. The van der Waals surface area contributed by atoms with Crippen LogP contribution >= 0.6 is 0 Å². The number of hydrogen-bond acceptors (Lipinski definition) is 5. The van der Waals surface area contributed by atoms with Gasteiger partial charge in [-0.15, -0.1) is 5.10 Å². The van der Waals surface area contributed by atoms with E-state index in [0.717, 1.165) is 12.8 Å². The molecule has 2 aliphatic heterocycles. The minimum absolute atomic E-state index is 0.0426. The Hall–Kier alpha value is -2.91. The molecule has 2 fully saturated rings. The molecular formula is C19H22F2N6O2. The van der Waals surface area contributed by atoms with Crippen LogP contribution in [0.15, 0.2) is 24.5 Å². The molecule has 4 rings (SSSR count). The van der Waals surface area contributed by atoms with E-state index in [1.807, 2.05) is 0 Å². The molecule has 154 valence electrons. The molecule has 2 aliphatic rings. The number of pyridine rings is 1. The van der Waals surface area contributed by atoms with Crippen LogP contribution in [0.2, 0.25) is 0 Å². The summed E-state index contributed by atoms with van der Waals surface area (Å²) in [6, 6.07) is 2.44. The number of carbonyl (C=O) groups is 2. The lowest BCUT2D eigenvalue weighted by molar-refractivity contribution is 0.0117. The van der Waals surface area contributed by atoms with Gasteiger partial charge in [-0.3, -0.25) is 14.6 Å². The molecule has 29 heavy (non-hydrogen) atoms. The predicted octanol–water partition coefficient (Wildman–Crippen LogP) is 1.77. The Kier molecular flexibility index (Phi) is 5.01. The van der Waals surface area contributed by atoms with Crippen LogP contribution in [0.1, 0.15) is 45.8 Å². The summed E-state index contributed by atoms with van der Waals surface area (Å²) in [7, 11) is 0. The fraction of sp³-hybridized carbons (Fsp3) is 0.526. The predicted molar refractivity (Wildman–Crippen MR) is 98.5 cm³/mol. The number of amides is 2. The molecule has 0 saturated carbocycles. The van der Waals surface area contributed by atoms with Crippen molar-refractivity contribution in [2.24, 2.45) is 0 Å². The lowest BCUT2D eigenvalue weighted by Crippen LogP contribution is -2.39. The molecule has 0 aromatic carbocycles. The number of carbonyl (C=O) groups excluding carboxylic acids is 2. The number of hydrogen-bond donors (Lipinski definition) is 0. The third-order valence-corrected chi connectivity index (χ3v) is 5.42. The quantitative estimate of drug-likeness (QED) is 0.776. The van der Waals surface area contributed by atoms with E-state index in [9.17, 15) is 18.4 Å². The highest BCUT2D eigenvalue weighted by Crippen LogP contribution is 2.34. The van der Waals surface area contributed by atoms with Crippen molar-refractivity contribution in [3.8, 4) is 0 Å². The average molecular weight is 404 g/mol. The number of alkyl halides is 2. The zero-order chi connectivity index (χ0) is 20.6. The van der Waals surface area contributed by atoms with Crippen LogP contribution in [0.5, 0.6) is 0 Å². The second-order valence-electron chi connectivity index (χ2n) is 7.61. The monoisotopic (exact) mass is 404 g/mol. The Morgan fingerprint density at radius 2 is 2.00 bits per heavy atom. The van der Waals surface area contributed by atoms with Crippen LogP contribution in [-0.2, 0) is 6.54 Å². The van der Waals surface area contributed by atoms with Crippen LogP contribution in [0, 0.1) is 6.92 Å². The SMILES string of the molecule is Cc1ncccc1C(=O)N1CC(F)(F)C[C@H]1Cn1cc(C(=O)N2CCCC2)nn1. The maximum Gasteiger partial charge on any atom is 0.276 e. The van der Waals surface area contributed by atoms with Gasteiger partial charge in [-0.25, -0.2) is 13.5 Å². The molecule has 0 radical (unpaired) electrons. The van der Waals surface area contributed by atoms with Gasteiger partial charge in [0.2, 0.25) is 0 Å². The molecule has 0 N–H and O–H groups in total. The first-order chi connectivity index (χ1) is 13.8. The van der Waals surface area contributed by atoms with Crippen molar-refractivity contribution >= 4 is 11.8 Å². The van der Waals surface area contributed by atoms with E-state index >= 15 is 0 Å². The highest BCUT2D eigenvalue weighted by Gasteiger charge is 2.47. The van der Waals surface area contributed by atoms with Crippen LogP contribution in [0.4, 0.5) is 8.78 Å². The fourth-order valence-electron chi connectivity index (χ4n) is 3.95. The number of halogens is 2. The molecule has 0 bridgehead atoms. The molecule has 0 aliphatic carbocycles. The molecule has 2 aromatic heterocycles. The topological polar surface area (TPSA) is 84.2 Å². The summed E-state index contributed by atoms with van der Waals surface area (Å²) < 4.78 is 29.7. The largest absolute Gasteiger partial charge is 0.337 e. The number of likely N-dealkylation sites (tertiary alicyclic amines) is 2. The third kappa shape index (κ3) is 3.96. The highest BCUT2D eigenvalue weighted by molar-refractivity contribution is 5.95. The summed E-state index contributed by atoms with van der Waals surface area (Å²) in [6.07, 6.45) is 4.47. The van der Waals surface area contributed by atoms with Gasteiger partial charge in [-0.05, 0) is 31.9 Å². The van der Waals surface area contributed by atoms with Crippen molar-refractivity contribution in [2.45, 2.75) is 44.7 Å². The lowest BCUT2D eigenvalue weighted by atomic mass is 10.1. The summed E-state index contributed by atoms with van der Waals surface area (Å²) in [5, 5.41) is 7.83. The van der Waals surface area contributed by atoms with Crippen molar-refractivity contribution in [1.82, 2.24) is 29.8 Å². The normalized spacial score (nSPS) is 21.0. The second-order valence-corrected chi connectivity index (χ2v) is 7.61. The van der Waals surface area contributed by atoms with Gasteiger partial charge in [0, 0.05) is 31.4 Å². The molecule has 2 aromatic rings. The van der Waals surface area contributed by atoms with Crippen molar-refractivity contribution in [3.63, 3.8) is 0 Å². The molecule has 2 amide bonds. The maximum atomic E-state index is 14.1. The third-order valence-electron chi connectivity index (χ3n) is 5.42. The van der Waals surface area contributed by atoms with E-state index in [1.54, 1.807) is 30.2 Å². The van der Waals surface area contributed by atoms with Gasteiger partial charge in [0.1, 0.15) is 0 Å². The minimum Gasteiger partial charge on any atom is -0.337 e. The minimum atomic E-state index is -2.98. The zero-order valence-corrected chi connectivity index (χ0v) is 16.1. The summed E-state index contributed by atoms with van der Waals surface area (Å²) in [6.45, 7) is 2.44. The van der Waals surface area contributed by atoms with Gasteiger partial charge >= 0.3 is 0 Å². The molecule has 1 atom stereocenters. The highest BCUT2D eigenvalue weighted by atomic mass is 19.3. The lowest BCUT2D eigenvalue weighted by Gasteiger charge is -2.24. The Bertz CT molecular complexity index is 925. The Labute approximate surface area is 166 Å². The first kappa shape index (κ1) is 19.4. The van der Waals surface area contributed by atoms with Crippen LogP contribution < -0.4 is 0 Å². The number of aromatic nitrogens is 4. The van der Waals surface area contributed by atoms with E-state index in [-0.39, 0.29) is 18.1 Å². The van der Waals surface area contributed by atoms with Crippen molar-refractivity contribution in [2.75, 3.05) is 19.6 Å². The second kappa shape index (κ2) is 7.49. The van der Waals surface area contributed by atoms with Gasteiger partial charge in [0.25, 0.3) is 17.7 Å². The van der Waals surface area contributed by atoms with Gasteiger partial charge in [0.05, 0.1) is 30.9 Å². The molecule has 8 nitrogen and oxygen atoms in total. The van der Waals surface area contributed by atoms with Gasteiger partial charge in [-0.2, -0.15) is 0 Å². The average Bonchev–Trinajstić information content (AvgIpc) is 3.42. The summed E-state index contributed by atoms with van der Waals surface area (Å²) in [5.74, 6) is -3.67. The first-order valence-electron chi connectivity index (χ1n) is 9.64. The van der Waals surface area contributed by atoms with Gasteiger partial charge in [-0.1, -0.05) is 5.21 Å². The van der Waals surface area contributed by atoms with Crippen molar-refractivity contribution in [3.05, 3.63) is 41.5 Å². The molecular weight excluding hydrogens is 382 g/mol. The van der Waals surface area contributed by atoms with E-state index in [1.165, 1.54) is 15.8 Å². The van der Waals surface area contributed by atoms with Gasteiger partial charge in [0.15, 0.2) is 5.69 Å². The van der Waals surface area contributed by atoms with Crippen LogP contribution in [0.3, 0.4) is 0 Å². The standard InChI is InChI=1S/C19H22F2N6O2/c1-13-15(5-4-6-22-13)17(28)27-12-19(20,21)9-14(27)10-26-11-16(23-24-26)18(29)25-7-2-3-8-25/h4-6,11,14H,2-3,7-10,12H2,1H3/t14-/m0/s1. The Morgan fingerprint density at radius 3 is 2.72 bits per heavy atom. The Morgan fingerprint density at radius 1 is 1.24 bits per heavy atom. The fourth-order valence-corrected chi connectivity index (χ4v) is 3.95. The molecule has 4 heterocycles. The van der Waals surface area contributed by atoms with Crippen molar-refractivity contribution in [1.29, 1.82) is 0 Å². The van der Waals surface area contributed by atoms with Crippen molar-refractivity contribution < 1.29 is 18.4 Å². The van der Waals surface area contributed by atoms with E-state index in [2.05, 4.69) is 15.3 Å². The molecule has 2 saturated heterocycles. The maximum absolute atomic E-state index is 14.1. The smallest absolute Gasteiger partial charge is 0.276 e. The van der Waals surface area contributed by atoms with E-state index in [0.29, 0.717) is 24.3 Å². The van der Waals surface area contributed by atoms with Crippen LogP contribution in [-0.4, -0.2) is 73.2 Å². The summed E-state index contributed by atoms with van der Waals surface area (Å²) in [5.41, 5.74) is 0.988. The van der Waals surface area contributed by atoms with Gasteiger partial charge < -0.3 is 9.80 Å². The number of nitrogens with zero attached hydrogens (tertiary/aromatic N) is 6. The van der Waals surface area contributed by atoms with E-state index < -0.39 is 30.8 Å². The molecule has 10 heteroatoms. The summed E-state index contributed by atoms with van der Waals surface area (Å²) in [4.78, 5) is 32.3. The number of aryl methyl sites for hydroxylation is 1. The Balaban J connectivity index is 1.51. The molecule has 0 unspecified atom stereocenters. The number of rotatable bonds is 4. The molecule has 0 spiro atoms. The summed E-state index contributed by atoms with van der Waals surface area (Å²) >= 11 is 0. The van der Waals surface area contributed by atoms with E-state index in [4.69, 9.17) is 0 Å².